The number of amides is 1. The van der Waals surface area contributed by atoms with Gasteiger partial charge in [-0.05, 0) is 42.7 Å². The summed E-state index contributed by atoms with van der Waals surface area (Å²) in [5.41, 5.74) is 1.29. The third-order valence-corrected chi connectivity index (χ3v) is 6.10. The summed E-state index contributed by atoms with van der Waals surface area (Å²) in [4.78, 5) is 13.6. The molecule has 0 saturated heterocycles. The molecular formula is C17H23NO2S. The third-order valence-electron chi connectivity index (χ3n) is 4.78. The zero-order chi connectivity index (χ0) is 14.7. The Morgan fingerprint density at radius 3 is 2.76 bits per heavy atom. The van der Waals surface area contributed by atoms with E-state index in [0.717, 1.165) is 25.8 Å². The molecule has 4 heteroatoms. The van der Waals surface area contributed by atoms with Crippen molar-refractivity contribution in [3.05, 3.63) is 29.8 Å². The Balaban J connectivity index is 1.51. The van der Waals surface area contributed by atoms with Gasteiger partial charge in [0.05, 0.1) is 5.25 Å². The lowest BCUT2D eigenvalue weighted by atomic mass is 9.79. The molecule has 21 heavy (non-hydrogen) atoms. The van der Waals surface area contributed by atoms with Crippen molar-refractivity contribution in [2.45, 2.75) is 42.2 Å². The lowest BCUT2D eigenvalue weighted by Crippen LogP contribution is -2.39. The molecule has 114 valence electrons. The Morgan fingerprint density at radius 2 is 2.00 bits per heavy atom. The van der Waals surface area contributed by atoms with Gasteiger partial charge < -0.3 is 10.4 Å². The van der Waals surface area contributed by atoms with Gasteiger partial charge in [0.2, 0.25) is 5.91 Å². The van der Waals surface area contributed by atoms with Crippen LogP contribution >= 0.6 is 11.8 Å². The number of aliphatic hydroxyl groups is 1. The minimum absolute atomic E-state index is 0.0126. The van der Waals surface area contributed by atoms with Crippen molar-refractivity contribution in [3.63, 3.8) is 0 Å². The molecule has 1 saturated carbocycles. The largest absolute Gasteiger partial charge is 0.396 e. The Hall–Kier alpha value is -1.00. The minimum atomic E-state index is 0.0126. The van der Waals surface area contributed by atoms with E-state index in [1.807, 2.05) is 12.1 Å². The van der Waals surface area contributed by atoms with Crippen molar-refractivity contribution in [1.82, 2.24) is 5.32 Å². The number of aliphatic hydroxyl groups excluding tert-OH is 1. The summed E-state index contributed by atoms with van der Waals surface area (Å²) in [7, 11) is 0. The second-order valence-electron chi connectivity index (χ2n) is 6.15. The van der Waals surface area contributed by atoms with E-state index in [1.54, 1.807) is 11.8 Å². The smallest absolute Gasteiger partial charge is 0.233 e. The number of carbonyl (C=O) groups excluding carboxylic acids is 1. The molecule has 3 nitrogen and oxygen atoms in total. The quantitative estimate of drug-likeness (QED) is 0.899. The highest BCUT2D eigenvalue weighted by Gasteiger charge is 2.30. The number of benzene rings is 1. The first kappa shape index (κ1) is 14.9. The second kappa shape index (κ2) is 6.84. The number of carbonyl (C=O) groups is 1. The molecule has 3 unspecified atom stereocenters. The van der Waals surface area contributed by atoms with Crippen LogP contribution in [0.25, 0.3) is 0 Å². The van der Waals surface area contributed by atoms with E-state index in [2.05, 4.69) is 17.4 Å². The van der Waals surface area contributed by atoms with Crippen molar-refractivity contribution >= 4 is 17.7 Å². The first-order valence-corrected chi connectivity index (χ1v) is 8.79. The standard InChI is InChI=1S/C17H23NO2S/c19-11-14-7-2-1-6-13(14)10-18-17(20)16-9-12-5-3-4-8-15(12)21-16/h3-5,8,13-14,16,19H,1-2,6-7,9-11H2,(H,18,20). The number of hydrogen-bond acceptors (Lipinski definition) is 3. The van der Waals surface area contributed by atoms with E-state index in [0.29, 0.717) is 11.8 Å². The van der Waals surface area contributed by atoms with Gasteiger partial charge in [0.25, 0.3) is 0 Å². The van der Waals surface area contributed by atoms with Crippen molar-refractivity contribution in [1.29, 1.82) is 0 Å². The molecular weight excluding hydrogens is 282 g/mol. The van der Waals surface area contributed by atoms with Gasteiger partial charge in [0.15, 0.2) is 0 Å². The fourth-order valence-electron chi connectivity index (χ4n) is 3.47. The monoisotopic (exact) mass is 305 g/mol. The predicted molar refractivity (Wildman–Crippen MR) is 85.3 cm³/mol. The van der Waals surface area contributed by atoms with Crippen LogP contribution in [0.3, 0.4) is 0 Å². The second-order valence-corrected chi connectivity index (χ2v) is 7.40. The molecule has 3 rings (SSSR count). The summed E-state index contributed by atoms with van der Waals surface area (Å²) < 4.78 is 0. The molecule has 0 bridgehead atoms. The summed E-state index contributed by atoms with van der Waals surface area (Å²) in [6.45, 7) is 0.974. The zero-order valence-corrected chi connectivity index (χ0v) is 13.1. The van der Waals surface area contributed by atoms with Crippen LogP contribution < -0.4 is 5.32 Å². The van der Waals surface area contributed by atoms with Gasteiger partial charge in [-0.1, -0.05) is 31.0 Å². The normalized spacial score (nSPS) is 28.1. The van der Waals surface area contributed by atoms with Crippen LogP contribution in [-0.2, 0) is 11.2 Å². The summed E-state index contributed by atoms with van der Waals surface area (Å²) in [6.07, 6.45) is 5.50. The van der Waals surface area contributed by atoms with E-state index < -0.39 is 0 Å². The minimum Gasteiger partial charge on any atom is -0.396 e. The van der Waals surface area contributed by atoms with Crippen molar-refractivity contribution < 1.29 is 9.90 Å². The maximum absolute atomic E-state index is 12.4. The number of fused-ring (bicyclic) bond motifs is 1. The SMILES string of the molecule is O=C(NCC1CCCCC1CO)C1Cc2ccccc2S1. The van der Waals surface area contributed by atoms with Gasteiger partial charge in [-0.2, -0.15) is 0 Å². The number of hydrogen-bond donors (Lipinski definition) is 2. The molecule has 1 aliphatic heterocycles. The summed E-state index contributed by atoms with van der Waals surface area (Å²) >= 11 is 1.68. The highest BCUT2D eigenvalue weighted by atomic mass is 32.2. The molecule has 0 radical (unpaired) electrons. The van der Waals surface area contributed by atoms with Gasteiger partial charge in [-0.3, -0.25) is 4.79 Å². The van der Waals surface area contributed by atoms with Crippen LogP contribution in [0.15, 0.2) is 29.2 Å². The topological polar surface area (TPSA) is 49.3 Å². The van der Waals surface area contributed by atoms with Gasteiger partial charge in [0.1, 0.15) is 0 Å². The summed E-state index contributed by atoms with van der Waals surface area (Å²) in [6, 6.07) is 8.27. The number of nitrogens with one attached hydrogen (secondary N) is 1. The fourth-order valence-corrected chi connectivity index (χ4v) is 4.69. The van der Waals surface area contributed by atoms with Crippen LogP contribution in [-0.4, -0.2) is 29.4 Å². The summed E-state index contributed by atoms with van der Waals surface area (Å²) in [5, 5.41) is 12.6. The molecule has 1 aromatic carbocycles. The Labute approximate surface area is 130 Å². The van der Waals surface area contributed by atoms with Crippen molar-refractivity contribution in [3.8, 4) is 0 Å². The van der Waals surface area contributed by atoms with Crippen LogP contribution in [0, 0.1) is 11.8 Å². The molecule has 1 heterocycles. The Kier molecular flexibility index (Phi) is 4.86. The van der Waals surface area contributed by atoms with Crippen LogP contribution in [0.4, 0.5) is 0 Å². The maximum atomic E-state index is 12.4. The third kappa shape index (κ3) is 3.43. The molecule has 1 aliphatic carbocycles. The van der Waals surface area contributed by atoms with Gasteiger partial charge in [-0.25, -0.2) is 0 Å². The van der Waals surface area contributed by atoms with E-state index >= 15 is 0 Å². The average Bonchev–Trinajstić information content (AvgIpc) is 2.97. The highest BCUT2D eigenvalue weighted by molar-refractivity contribution is 8.01. The molecule has 1 aromatic rings. The molecule has 2 N–H and O–H groups in total. The van der Waals surface area contributed by atoms with Crippen molar-refractivity contribution in [2.75, 3.05) is 13.2 Å². The van der Waals surface area contributed by atoms with Gasteiger partial charge >= 0.3 is 0 Å². The fraction of sp³-hybridized carbons (Fsp3) is 0.588. The summed E-state index contributed by atoms with van der Waals surface area (Å²) in [5.74, 6) is 0.965. The van der Waals surface area contributed by atoms with Gasteiger partial charge in [-0.15, -0.1) is 11.8 Å². The predicted octanol–water partition coefficient (Wildman–Crippen LogP) is 2.62. The van der Waals surface area contributed by atoms with Gasteiger partial charge in [0, 0.05) is 18.0 Å². The van der Waals surface area contributed by atoms with E-state index in [4.69, 9.17) is 0 Å². The molecule has 0 aromatic heterocycles. The van der Waals surface area contributed by atoms with E-state index in [1.165, 1.54) is 23.3 Å². The van der Waals surface area contributed by atoms with Crippen LogP contribution in [0.5, 0.6) is 0 Å². The number of thioether (sulfide) groups is 1. The molecule has 1 fully saturated rings. The van der Waals surface area contributed by atoms with E-state index in [-0.39, 0.29) is 17.8 Å². The Bertz CT molecular complexity index is 480. The first-order valence-electron chi connectivity index (χ1n) is 7.91. The zero-order valence-electron chi connectivity index (χ0n) is 12.3. The first-order chi connectivity index (χ1) is 10.3. The lowest BCUT2D eigenvalue weighted by molar-refractivity contribution is -0.120. The average molecular weight is 305 g/mol. The van der Waals surface area contributed by atoms with E-state index in [9.17, 15) is 9.90 Å². The molecule has 0 spiro atoms. The molecule has 2 aliphatic rings. The van der Waals surface area contributed by atoms with Crippen LogP contribution in [0.2, 0.25) is 0 Å². The highest BCUT2D eigenvalue weighted by Crippen LogP contribution is 2.37. The molecule has 1 amide bonds. The number of rotatable bonds is 4. The molecule has 3 atom stereocenters. The maximum Gasteiger partial charge on any atom is 0.233 e. The lowest BCUT2D eigenvalue weighted by Gasteiger charge is -2.30. The van der Waals surface area contributed by atoms with Crippen molar-refractivity contribution in [2.24, 2.45) is 11.8 Å². The Morgan fingerprint density at radius 1 is 1.24 bits per heavy atom. The van der Waals surface area contributed by atoms with Crippen LogP contribution in [0.1, 0.15) is 31.2 Å².